The molecule has 2 rings (SSSR count). The van der Waals surface area contributed by atoms with E-state index >= 15 is 0 Å². The Bertz CT molecular complexity index is 1110. The summed E-state index contributed by atoms with van der Waals surface area (Å²) in [6, 6.07) is 11.7. The molecule has 0 fully saturated rings. The van der Waals surface area contributed by atoms with Gasteiger partial charge in [0.2, 0.25) is 5.91 Å². The first kappa shape index (κ1) is 25.1. The largest absolute Gasteiger partial charge is 0.430 e. The Balaban J connectivity index is 2.37. The second kappa shape index (κ2) is 10.4. The average molecular weight is 469 g/mol. The number of rotatable bonds is 8. The fraction of sp³-hybridized carbons (Fsp3) is 0.238. The Morgan fingerprint density at radius 2 is 1.69 bits per heavy atom. The zero-order chi connectivity index (χ0) is 23.9. The number of carbonyl (C=O) groups is 1. The molecule has 2 aromatic carbocycles. The first-order chi connectivity index (χ1) is 14.9. The summed E-state index contributed by atoms with van der Waals surface area (Å²) >= 11 is 0. The third-order valence-corrected chi connectivity index (χ3v) is 5.60. The molecule has 2 aromatic rings. The Morgan fingerprint density at radius 1 is 1.09 bits per heavy atom. The summed E-state index contributed by atoms with van der Waals surface area (Å²) in [5.74, 6) is -0.670. The highest BCUT2D eigenvalue weighted by Gasteiger charge is 2.31. The number of alkyl halides is 3. The number of sulfonamides is 1. The average Bonchev–Trinajstić information content (AvgIpc) is 2.71. The van der Waals surface area contributed by atoms with Crippen molar-refractivity contribution in [3.05, 3.63) is 71.4 Å². The van der Waals surface area contributed by atoms with Crippen molar-refractivity contribution in [1.82, 2.24) is 10.0 Å². The van der Waals surface area contributed by atoms with Gasteiger partial charge in [0.05, 0.1) is 16.3 Å². The molecule has 0 heterocycles. The van der Waals surface area contributed by atoms with Crippen LogP contribution in [0.25, 0.3) is 0 Å². The fourth-order valence-corrected chi connectivity index (χ4v) is 3.48. The zero-order valence-electron chi connectivity index (χ0n) is 17.4. The van der Waals surface area contributed by atoms with Crippen molar-refractivity contribution < 1.29 is 26.4 Å². The Hall–Kier alpha value is -3.18. The summed E-state index contributed by atoms with van der Waals surface area (Å²) in [6.45, 7) is 2.14. The number of benzene rings is 2. The predicted octanol–water partition coefficient (Wildman–Crippen LogP) is 2.94. The van der Waals surface area contributed by atoms with Crippen LogP contribution >= 0.6 is 0 Å². The molecule has 0 radical (unpaired) electrons. The Kier molecular flexibility index (Phi) is 8.17. The maximum Gasteiger partial charge on any atom is 0.430 e. The number of halogens is 3. The SMILES string of the molecule is CNCCC(=O)NS(=O)(=O)c1ccc(N=C(C=C(N)C(F)(F)F)c2ccc(C)cc2)cc1. The van der Waals surface area contributed by atoms with Crippen molar-refractivity contribution in [2.75, 3.05) is 13.6 Å². The van der Waals surface area contributed by atoms with Crippen molar-refractivity contribution in [2.24, 2.45) is 10.7 Å². The molecule has 4 N–H and O–H groups in total. The maximum absolute atomic E-state index is 12.9. The van der Waals surface area contributed by atoms with E-state index in [2.05, 4.69) is 10.3 Å². The number of nitrogens with zero attached hydrogens (tertiary/aromatic N) is 1. The van der Waals surface area contributed by atoms with E-state index < -0.39 is 27.8 Å². The third-order valence-electron chi connectivity index (χ3n) is 4.21. The van der Waals surface area contributed by atoms with Crippen molar-refractivity contribution in [2.45, 2.75) is 24.4 Å². The van der Waals surface area contributed by atoms with E-state index in [-0.39, 0.29) is 22.7 Å². The second-order valence-corrected chi connectivity index (χ2v) is 8.52. The fourth-order valence-electron chi connectivity index (χ4n) is 2.47. The molecular formula is C21H23F3N4O3S. The van der Waals surface area contributed by atoms with Gasteiger partial charge in [-0.15, -0.1) is 0 Å². The van der Waals surface area contributed by atoms with Crippen LogP contribution in [0, 0.1) is 6.92 Å². The summed E-state index contributed by atoms with van der Waals surface area (Å²) in [5.41, 5.74) is 5.31. The third kappa shape index (κ3) is 7.20. The van der Waals surface area contributed by atoms with E-state index in [1.54, 1.807) is 31.3 Å². The molecule has 11 heteroatoms. The number of nitrogens with two attached hydrogens (primary N) is 1. The van der Waals surface area contributed by atoms with Crippen molar-refractivity contribution in [3.63, 3.8) is 0 Å². The van der Waals surface area contributed by atoms with Crippen LogP contribution in [0.2, 0.25) is 0 Å². The molecule has 32 heavy (non-hydrogen) atoms. The molecule has 0 aliphatic heterocycles. The number of hydrogen-bond donors (Lipinski definition) is 3. The van der Waals surface area contributed by atoms with E-state index in [0.717, 1.165) is 11.6 Å². The lowest BCUT2D eigenvalue weighted by Gasteiger charge is -2.09. The van der Waals surface area contributed by atoms with Gasteiger partial charge in [0.25, 0.3) is 10.0 Å². The number of allylic oxidation sites excluding steroid dienone is 2. The second-order valence-electron chi connectivity index (χ2n) is 6.84. The van der Waals surface area contributed by atoms with Gasteiger partial charge < -0.3 is 11.1 Å². The minimum absolute atomic E-state index is 0.0228. The molecular weight excluding hydrogens is 445 g/mol. The van der Waals surface area contributed by atoms with Crippen molar-refractivity contribution in [1.29, 1.82) is 0 Å². The Morgan fingerprint density at radius 3 is 2.22 bits per heavy atom. The standard InChI is InChI=1S/C21H23F3N4O3S/c1-14-3-5-15(6-4-14)18(13-19(25)21(22,23)24)27-16-7-9-17(10-8-16)32(30,31)28-20(29)11-12-26-2/h3-10,13,26H,11-12,25H2,1-2H3,(H,28,29). The molecule has 0 unspecified atom stereocenters. The first-order valence-corrected chi connectivity index (χ1v) is 10.9. The summed E-state index contributed by atoms with van der Waals surface area (Å²) in [6.07, 6.45) is -4.03. The number of aryl methyl sites for hydroxylation is 1. The minimum Gasteiger partial charge on any atom is -0.395 e. The number of amides is 1. The van der Waals surface area contributed by atoms with Gasteiger partial charge in [0.15, 0.2) is 0 Å². The molecule has 0 aliphatic carbocycles. The van der Waals surface area contributed by atoms with Crippen LogP contribution in [0.1, 0.15) is 17.5 Å². The van der Waals surface area contributed by atoms with Gasteiger partial charge >= 0.3 is 6.18 Å². The quantitative estimate of drug-likeness (QED) is 0.516. The van der Waals surface area contributed by atoms with Gasteiger partial charge in [0.1, 0.15) is 5.70 Å². The summed E-state index contributed by atoms with van der Waals surface area (Å²) < 4.78 is 65.4. The molecule has 1 amide bonds. The Labute approximate surface area is 184 Å². The molecule has 0 aromatic heterocycles. The zero-order valence-corrected chi connectivity index (χ0v) is 18.2. The summed E-state index contributed by atoms with van der Waals surface area (Å²) in [4.78, 5) is 15.7. The van der Waals surface area contributed by atoms with Gasteiger partial charge in [-0.1, -0.05) is 29.8 Å². The molecule has 0 aliphatic rings. The van der Waals surface area contributed by atoms with Gasteiger partial charge in [-0.25, -0.2) is 18.1 Å². The van der Waals surface area contributed by atoms with E-state index in [0.29, 0.717) is 12.1 Å². The first-order valence-electron chi connectivity index (χ1n) is 9.43. The van der Waals surface area contributed by atoms with Gasteiger partial charge in [-0.2, -0.15) is 13.2 Å². The number of nitrogens with one attached hydrogen (secondary N) is 2. The maximum atomic E-state index is 12.9. The normalized spacial score (nSPS) is 13.2. The highest BCUT2D eigenvalue weighted by molar-refractivity contribution is 7.90. The number of carbonyl (C=O) groups excluding carboxylic acids is 1. The molecule has 0 atom stereocenters. The number of hydrogen-bond acceptors (Lipinski definition) is 6. The van der Waals surface area contributed by atoms with Crippen LogP contribution in [0.3, 0.4) is 0 Å². The smallest absolute Gasteiger partial charge is 0.395 e. The topological polar surface area (TPSA) is 114 Å². The predicted molar refractivity (Wildman–Crippen MR) is 116 cm³/mol. The summed E-state index contributed by atoms with van der Waals surface area (Å²) in [5, 5.41) is 2.73. The number of aliphatic imine (C=N–C) groups is 1. The van der Waals surface area contributed by atoms with E-state index in [1.165, 1.54) is 24.3 Å². The summed E-state index contributed by atoms with van der Waals surface area (Å²) in [7, 11) is -2.46. The van der Waals surface area contributed by atoms with Crippen molar-refractivity contribution >= 4 is 27.3 Å². The van der Waals surface area contributed by atoms with Crippen LogP contribution in [0.15, 0.2) is 70.2 Å². The van der Waals surface area contributed by atoms with Crippen LogP contribution in [-0.2, 0) is 14.8 Å². The van der Waals surface area contributed by atoms with Crippen LogP contribution in [0.4, 0.5) is 18.9 Å². The van der Waals surface area contributed by atoms with E-state index in [9.17, 15) is 26.4 Å². The minimum atomic E-state index is -4.73. The lowest BCUT2D eigenvalue weighted by atomic mass is 10.1. The van der Waals surface area contributed by atoms with E-state index in [1.807, 2.05) is 11.6 Å². The molecule has 0 saturated carbocycles. The molecule has 172 valence electrons. The molecule has 0 spiro atoms. The lowest BCUT2D eigenvalue weighted by molar-refractivity contribution is -0.119. The highest BCUT2D eigenvalue weighted by atomic mass is 32.2. The van der Waals surface area contributed by atoms with E-state index in [4.69, 9.17) is 5.73 Å². The lowest BCUT2D eigenvalue weighted by Crippen LogP contribution is -2.32. The molecule has 0 bridgehead atoms. The monoisotopic (exact) mass is 468 g/mol. The van der Waals surface area contributed by atoms with Crippen LogP contribution in [0.5, 0.6) is 0 Å². The van der Waals surface area contributed by atoms with Crippen molar-refractivity contribution in [3.8, 4) is 0 Å². The molecule has 0 saturated heterocycles. The highest BCUT2D eigenvalue weighted by Crippen LogP contribution is 2.24. The van der Waals surface area contributed by atoms with Gasteiger partial charge in [-0.3, -0.25) is 4.79 Å². The molecule has 7 nitrogen and oxygen atoms in total. The van der Waals surface area contributed by atoms with Crippen LogP contribution < -0.4 is 15.8 Å². The van der Waals surface area contributed by atoms with Gasteiger partial charge in [0, 0.05) is 18.5 Å². The van der Waals surface area contributed by atoms with Crippen LogP contribution in [-0.4, -0.2) is 39.8 Å². The van der Waals surface area contributed by atoms with Gasteiger partial charge in [-0.05, 0) is 44.3 Å².